The highest BCUT2D eigenvalue weighted by Crippen LogP contribution is 2.24. The number of carbonyl (C=O) groups excluding carboxylic acids is 2. The van der Waals surface area contributed by atoms with Crippen molar-refractivity contribution in [3.8, 4) is 0 Å². The van der Waals surface area contributed by atoms with E-state index >= 15 is 0 Å². The molecule has 1 fully saturated rings. The van der Waals surface area contributed by atoms with Crippen molar-refractivity contribution in [2.75, 3.05) is 19.0 Å². The molecule has 1 aliphatic heterocycles. The summed E-state index contributed by atoms with van der Waals surface area (Å²) in [7, 11) is -4.61. The van der Waals surface area contributed by atoms with Gasteiger partial charge in [0.1, 0.15) is 36.8 Å². The van der Waals surface area contributed by atoms with Crippen LogP contribution in [0.1, 0.15) is 129 Å². The lowest BCUT2D eigenvalue weighted by atomic mass is 10.00. The molecule has 0 aliphatic carbocycles. The van der Waals surface area contributed by atoms with E-state index in [1.807, 2.05) is 12.2 Å². The maximum atomic E-state index is 12.7. The smallest absolute Gasteiger partial charge is 0.306 e. The maximum Gasteiger partial charge on any atom is 0.306 e. The second-order valence-electron chi connectivity index (χ2n) is 14.3. The average Bonchev–Trinajstić information content (AvgIpc) is 3.18. The van der Waals surface area contributed by atoms with Crippen LogP contribution in [-0.2, 0) is 38.7 Å². The molecule has 0 bridgehead atoms. The van der Waals surface area contributed by atoms with E-state index in [0.717, 1.165) is 77.0 Å². The quantitative estimate of drug-likeness (QED) is 0.0216. The number of allylic oxidation sites excluding steroid dienone is 14. The average molecular weight is 837 g/mol. The number of aliphatic hydroxyl groups excluding tert-OH is 3. The summed E-state index contributed by atoms with van der Waals surface area (Å²) in [5, 5.41) is 30.8. The first-order valence-electron chi connectivity index (χ1n) is 21.1. The number of ether oxygens (including phenoxy) is 4. The van der Waals surface area contributed by atoms with Crippen LogP contribution in [0.5, 0.6) is 0 Å². The standard InChI is InChI=1S/C45H72O12S/c1-3-5-7-9-11-13-15-16-17-18-19-20-21-22-24-25-27-29-31-33-40(46)54-35-38(56-41(47)34-32-30-28-26-23-14-12-10-8-6-4-2)36-55-45-44(50)43(49)42(48)39(57-45)37-58(51,52)53/h5,7,10-13,16-17,19-20,22,24,27,29,38-39,42-45,48-50H,3-4,6,8-9,14-15,18,21,23,25-26,28,30-37H2,1-2H3,(H,51,52,53)/b7-5+,12-10+,13-11+,17-16+,20-19+,24-22+,29-27+/t38-,39-,42-,43?,44?,45+/m1/s1. The molecule has 330 valence electrons. The molecular formula is C45H72O12S. The maximum absolute atomic E-state index is 12.7. The topological polar surface area (TPSA) is 186 Å². The molecule has 1 saturated heterocycles. The molecule has 0 aromatic heterocycles. The van der Waals surface area contributed by atoms with Crippen molar-refractivity contribution in [3.63, 3.8) is 0 Å². The van der Waals surface area contributed by atoms with E-state index in [9.17, 15) is 37.9 Å². The zero-order valence-corrected chi connectivity index (χ0v) is 35.7. The van der Waals surface area contributed by atoms with Crippen molar-refractivity contribution in [1.29, 1.82) is 0 Å². The second-order valence-corrected chi connectivity index (χ2v) is 15.8. The Morgan fingerprint density at radius 2 is 1.12 bits per heavy atom. The fraction of sp³-hybridized carbons (Fsp3) is 0.644. The van der Waals surface area contributed by atoms with Gasteiger partial charge in [-0.25, -0.2) is 0 Å². The van der Waals surface area contributed by atoms with E-state index in [-0.39, 0.29) is 19.4 Å². The normalized spacial score (nSPS) is 21.2. The summed E-state index contributed by atoms with van der Waals surface area (Å²) in [6.07, 6.45) is 35.1. The van der Waals surface area contributed by atoms with Gasteiger partial charge in [0.2, 0.25) is 0 Å². The van der Waals surface area contributed by atoms with Crippen LogP contribution in [-0.4, -0.2) is 96.0 Å². The molecule has 1 rings (SSSR count). The molecule has 0 aromatic rings. The third-order valence-corrected chi connectivity index (χ3v) is 9.72. The highest BCUT2D eigenvalue weighted by molar-refractivity contribution is 7.85. The number of hydrogen-bond acceptors (Lipinski definition) is 11. The largest absolute Gasteiger partial charge is 0.462 e. The van der Waals surface area contributed by atoms with Crippen LogP contribution < -0.4 is 0 Å². The van der Waals surface area contributed by atoms with Gasteiger partial charge in [-0.15, -0.1) is 0 Å². The Morgan fingerprint density at radius 1 is 0.603 bits per heavy atom. The minimum atomic E-state index is -4.61. The first-order chi connectivity index (χ1) is 28.0. The van der Waals surface area contributed by atoms with E-state index in [0.29, 0.717) is 12.8 Å². The molecule has 0 saturated carbocycles. The van der Waals surface area contributed by atoms with Gasteiger partial charge in [0.25, 0.3) is 10.1 Å². The first-order valence-corrected chi connectivity index (χ1v) is 22.8. The molecule has 0 radical (unpaired) electrons. The lowest BCUT2D eigenvalue weighted by molar-refractivity contribution is -0.297. The van der Waals surface area contributed by atoms with E-state index in [1.54, 1.807) is 0 Å². The van der Waals surface area contributed by atoms with Gasteiger partial charge >= 0.3 is 11.9 Å². The van der Waals surface area contributed by atoms with Gasteiger partial charge in [-0.3, -0.25) is 14.1 Å². The van der Waals surface area contributed by atoms with E-state index in [2.05, 4.69) is 86.8 Å². The summed E-state index contributed by atoms with van der Waals surface area (Å²) in [4.78, 5) is 25.3. The van der Waals surface area contributed by atoms with Gasteiger partial charge in [0.15, 0.2) is 12.4 Å². The number of rotatable bonds is 33. The molecule has 58 heavy (non-hydrogen) atoms. The molecule has 13 heteroatoms. The monoisotopic (exact) mass is 836 g/mol. The van der Waals surface area contributed by atoms with Crippen LogP contribution >= 0.6 is 0 Å². The Labute approximate surface area is 348 Å². The van der Waals surface area contributed by atoms with Crippen LogP contribution in [0.3, 0.4) is 0 Å². The van der Waals surface area contributed by atoms with Gasteiger partial charge in [-0.05, 0) is 70.6 Å². The Hall–Kier alpha value is -3.17. The molecule has 4 N–H and O–H groups in total. The van der Waals surface area contributed by atoms with Crippen molar-refractivity contribution in [2.45, 2.75) is 166 Å². The lowest BCUT2D eigenvalue weighted by Gasteiger charge is -2.40. The highest BCUT2D eigenvalue weighted by atomic mass is 32.2. The number of esters is 2. The predicted molar refractivity (Wildman–Crippen MR) is 228 cm³/mol. The molecule has 0 aromatic carbocycles. The third kappa shape index (κ3) is 29.1. The van der Waals surface area contributed by atoms with Crippen molar-refractivity contribution >= 4 is 22.1 Å². The van der Waals surface area contributed by atoms with E-state index in [4.69, 9.17) is 18.9 Å². The Balaban J connectivity index is 2.53. The molecule has 1 aliphatic rings. The van der Waals surface area contributed by atoms with Crippen molar-refractivity contribution < 1.29 is 56.8 Å². The Bertz CT molecular complexity index is 1400. The van der Waals surface area contributed by atoms with Crippen LogP contribution in [0.4, 0.5) is 0 Å². The molecule has 12 nitrogen and oxygen atoms in total. The summed E-state index contributed by atoms with van der Waals surface area (Å²) in [6.45, 7) is 3.50. The highest BCUT2D eigenvalue weighted by Gasteiger charge is 2.46. The fourth-order valence-corrected chi connectivity index (χ4v) is 6.37. The van der Waals surface area contributed by atoms with Crippen LogP contribution in [0.25, 0.3) is 0 Å². The van der Waals surface area contributed by atoms with Crippen LogP contribution in [0.15, 0.2) is 85.1 Å². The number of unbranched alkanes of at least 4 members (excludes halogenated alkanes) is 7. The number of aliphatic hydroxyl groups is 3. The molecule has 6 atom stereocenters. The molecule has 0 spiro atoms. The predicted octanol–water partition coefficient (Wildman–Crippen LogP) is 8.11. The summed E-state index contributed by atoms with van der Waals surface area (Å²) in [6, 6.07) is 0. The van der Waals surface area contributed by atoms with E-state index < -0.39 is 71.2 Å². The molecule has 1 heterocycles. The van der Waals surface area contributed by atoms with Gasteiger partial charge in [-0.2, -0.15) is 8.42 Å². The summed E-state index contributed by atoms with van der Waals surface area (Å²) in [5.41, 5.74) is 0. The van der Waals surface area contributed by atoms with E-state index in [1.165, 1.54) is 12.8 Å². The van der Waals surface area contributed by atoms with Crippen LogP contribution in [0, 0.1) is 0 Å². The third-order valence-electron chi connectivity index (χ3n) is 8.97. The molecular weight excluding hydrogens is 765 g/mol. The van der Waals surface area contributed by atoms with Gasteiger partial charge in [-0.1, -0.05) is 131 Å². The number of hydrogen-bond donors (Lipinski definition) is 4. The van der Waals surface area contributed by atoms with Gasteiger partial charge < -0.3 is 34.3 Å². The number of carbonyl (C=O) groups is 2. The zero-order valence-electron chi connectivity index (χ0n) is 34.9. The molecule has 2 unspecified atom stereocenters. The summed E-state index contributed by atoms with van der Waals surface area (Å²) >= 11 is 0. The minimum Gasteiger partial charge on any atom is -0.462 e. The van der Waals surface area contributed by atoms with Gasteiger partial charge in [0.05, 0.1) is 6.61 Å². The zero-order chi connectivity index (χ0) is 42.7. The van der Waals surface area contributed by atoms with Crippen LogP contribution in [0.2, 0.25) is 0 Å². The van der Waals surface area contributed by atoms with Gasteiger partial charge in [0, 0.05) is 12.8 Å². The van der Waals surface area contributed by atoms with Crippen molar-refractivity contribution in [3.05, 3.63) is 85.1 Å². The van der Waals surface area contributed by atoms with Crippen molar-refractivity contribution in [1.82, 2.24) is 0 Å². The van der Waals surface area contributed by atoms with Crippen molar-refractivity contribution in [2.24, 2.45) is 0 Å². The summed E-state index contributed by atoms with van der Waals surface area (Å²) in [5.74, 6) is -2.12. The Kier molecular flexibility index (Phi) is 31.6. The minimum absolute atomic E-state index is 0.0874. The fourth-order valence-electron chi connectivity index (χ4n) is 5.68. The first kappa shape index (κ1) is 52.8. The Morgan fingerprint density at radius 3 is 1.69 bits per heavy atom. The SMILES string of the molecule is CC/C=C/C/C=C/C/C=C/C/C=C/C/C=C/C/C=C/CCC(=O)OC[C@H](CO[C@H]1O[C@H](CS(=O)(=O)O)[C@@H](O)C(O)C1O)OC(=O)CCCCCCC/C=C/CCCC. The molecule has 0 amide bonds. The second kappa shape index (κ2) is 34.7. The summed E-state index contributed by atoms with van der Waals surface area (Å²) < 4.78 is 53.8. The lowest BCUT2D eigenvalue weighted by Crippen LogP contribution is -2.60.